The molecule has 0 aliphatic carbocycles. The smallest absolute Gasteiger partial charge is 0.262 e. The van der Waals surface area contributed by atoms with Crippen molar-refractivity contribution in [3.63, 3.8) is 0 Å². The van der Waals surface area contributed by atoms with Crippen molar-refractivity contribution in [3.8, 4) is 5.69 Å². The number of aromatic amines is 1. The molecule has 1 aromatic carbocycles. The number of para-hydroxylation sites is 1. The number of nitrogens with one attached hydrogen (secondary N) is 1. The molecule has 3 heterocycles. The highest BCUT2D eigenvalue weighted by atomic mass is 35.5. The summed E-state index contributed by atoms with van der Waals surface area (Å²) in [4.78, 5) is 19.5. The van der Waals surface area contributed by atoms with Gasteiger partial charge in [0, 0.05) is 17.3 Å². The molecule has 0 bridgehead atoms. The Morgan fingerprint density at radius 1 is 1.29 bits per heavy atom. The number of aromatic nitrogens is 6. The van der Waals surface area contributed by atoms with E-state index in [4.69, 9.17) is 11.6 Å². The number of H-pyrrole nitrogens is 1. The van der Waals surface area contributed by atoms with Crippen LogP contribution in [0.2, 0.25) is 4.34 Å². The zero-order chi connectivity index (χ0) is 16.5. The zero-order valence-corrected chi connectivity index (χ0v) is 14.4. The van der Waals surface area contributed by atoms with Gasteiger partial charge in [-0.1, -0.05) is 46.1 Å². The van der Waals surface area contributed by atoms with Crippen LogP contribution >= 0.6 is 34.9 Å². The summed E-state index contributed by atoms with van der Waals surface area (Å²) in [7, 11) is 0. The van der Waals surface area contributed by atoms with Gasteiger partial charge in [0.05, 0.1) is 11.9 Å². The average molecular weight is 377 g/mol. The van der Waals surface area contributed by atoms with Gasteiger partial charge in [-0.3, -0.25) is 4.79 Å². The Hall–Kier alpha value is -2.23. The second kappa shape index (κ2) is 6.34. The third kappa shape index (κ3) is 2.81. The van der Waals surface area contributed by atoms with Crippen LogP contribution in [0.15, 0.2) is 46.5 Å². The zero-order valence-electron chi connectivity index (χ0n) is 12.0. The van der Waals surface area contributed by atoms with Crippen LogP contribution in [0.3, 0.4) is 0 Å². The number of hydrogen-bond acceptors (Lipinski definition) is 7. The Morgan fingerprint density at radius 2 is 2.12 bits per heavy atom. The Bertz CT molecular complexity index is 1060. The summed E-state index contributed by atoms with van der Waals surface area (Å²) in [6.07, 6.45) is 1.52. The molecule has 0 saturated heterocycles. The summed E-state index contributed by atoms with van der Waals surface area (Å²) in [6, 6.07) is 9.54. The van der Waals surface area contributed by atoms with Crippen molar-refractivity contribution in [3.05, 3.63) is 56.9 Å². The van der Waals surface area contributed by atoms with Crippen LogP contribution in [0.1, 0.15) is 5.69 Å². The molecule has 0 amide bonds. The van der Waals surface area contributed by atoms with Crippen LogP contribution in [-0.4, -0.2) is 29.3 Å². The largest absolute Gasteiger partial charge is 0.301 e. The van der Waals surface area contributed by atoms with Gasteiger partial charge in [-0.05, 0) is 12.1 Å². The summed E-state index contributed by atoms with van der Waals surface area (Å²) < 4.78 is 5.97. The number of halogens is 1. The molecule has 0 spiro atoms. The van der Waals surface area contributed by atoms with Gasteiger partial charge in [0.25, 0.3) is 5.56 Å². The molecule has 0 atom stereocenters. The monoisotopic (exact) mass is 376 g/mol. The number of hydrogen-bond donors (Lipinski definition) is 1. The summed E-state index contributed by atoms with van der Waals surface area (Å²) >= 11 is 8.47. The quantitative estimate of drug-likeness (QED) is 0.435. The first-order valence-corrected chi connectivity index (χ1v) is 8.99. The minimum atomic E-state index is -0.229. The van der Waals surface area contributed by atoms with E-state index < -0.39 is 0 Å². The first-order valence-electron chi connectivity index (χ1n) is 6.85. The van der Waals surface area contributed by atoms with E-state index in [0.717, 1.165) is 17.2 Å². The second-order valence-electron chi connectivity index (χ2n) is 4.78. The number of nitrogens with zero attached hydrogens (tertiary/aromatic N) is 5. The summed E-state index contributed by atoms with van der Waals surface area (Å²) in [5, 5.41) is 9.15. The first kappa shape index (κ1) is 15.3. The van der Waals surface area contributed by atoms with E-state index in [1.165, 1.54) is 18.0 Å². The van der Waals surface area contributed by atoms with Crippen molar-refractivity contribution in [1.29, 1.82) is 0 Å². The highest BCUT2D eigenvalue weighted by Crippen LogP contribution is 2.25. The Kier molecular flexibility index (Phi) is 4.05. The molecular formula is C14H9ClN6OS2. The molecule has 0 radical (unpaired) electrons. The van der Waals surface area contributed by atoms with Crippen molar-refractivity contribution < 1.29 is 0 Å². The molecule has 0 aliphatic heterocycles. The molecule has 3 aromatic heterocycles. The first-order chi connectivity index (χ1) is 11.7. The molecule has 0 aliphatic rings. The number of rotatable bonds is 4. The van der Waals surface area contributed by atoms with Gasteiger partial charge in [-0.2, -0.15) is 5.10 Å². The van der Waals surface area contributed by atoms with Gasteiger partial charge in [-0.15, -0.1) is 5.10 Å². The number of fused-ring (bicyclic) bond motifs is 1. The van der Waals surface area contributed by atoms with Gasteiger partial charge < -0.3 is 4.98 Å². The standard InChI is InChI=1S/C14H9ClN6OS2/c15-11-10(19-20-24-11)7-23-14-17-12-9(13(22)18-14)6-16-21(12)8-4-2-1-3-5-8/h1-6H,7H2,(H,17,18,22). The topological polar surface area (TPSA) is 89.3 Å². The van der Waals surface area contributed by atoms with E-state index in [1.807, 2.05) is 30.3 Å². The minimum Gasteiger partial charge on any atom is -0.301 e. The van der Waals surface area contributed by atoms with Crippen LogP contribution in [0.25, 0.3) is 16.7 Å². The molecule has 0 unspecified atom stereocenters. The van der Waals surface area contributed by atoms with Crippen molar-refractivity contribution >= 4 is 45.9 Å². The molecular weight excluding hydrogens is 368 g/mol. The molecule has 0 saturated carbocycles. The Labute approximate surface area is 148 Å². The minimum absolute atomic E-state index is 0.229. The molecule has 4 aromatic rings. The fourth-order valence-corrected chi connectivity index (χ4v) is 3.73. The van der Waals surface area contributed by atoms with Crippen molar-refractivity contribution in [2.75, 3.05) is 0 Å². The molecule has 10 heteroatoms. The fourth-order valence-electron chi connectivity index (χ4n) is 2.14. The van der Waals surface area contributed by atoms with E-state index in [1.54, 1.807) is 4.68 Å². The summed E-state index contributed by atoms with van der Waals surface area (Å²) in [5.41, 5.74) is 1.79. The normalized spacial score (nSPS) is 11.2. The molecule has 0 fully saturated rings. The maximum absolute atomic E-state index is 12.3. The van der Waals surface area contributed by atoms with Gasteiger partial charge in [0.1, 0.15) is 15.4 Å². The van der Waals surface area contributed by atoms with E-state index >= 15 is 0 Å². The Morgan fingerprint density at radius 3 is 2.88 bits per heavy atom. The van der Waals surface area contributed by atoms with Gasteiger partial charge in [0.15, 0.2) is 10.8 Å². The molecule has 24 heavy (non-hydrogen) atoms. The highest BCUT2D eigenvalue weighted by molar-refractivity contribution is 7.98. The molecule has 7 nitrogen and oxygen atoms in total. The van der Waals surface area contributed by atoms with E-state index in [2.05, 4.69) is 24.7 Å². The molecule has 120 valence electrons. The lowest BCUT2D eigenvalue weighted by Gasteiger charge is -2.04. The third-order valence-corrected chi connectivity index (χ3v) is 5.14. The van der Waals surface area contributed by atoms with Crippen LogP contribution in [0.5, 0.6) is 0 Å². The number of thioether (sulfide) groups is 1. The van der Waals surface area contributed by atoms with Crippen molar-refractivity contribution in [2.24, 2.45) is 0 Å². The third-order valence-electron chi connectivity index (χ3n) is 3.27. The van der Waals surface area contributed by atoms with Crippen molar-refractivity contribution in [2.45, 2.75) is 10.9 Å². The lowest BCUT2D eigenvalue weighted by Crippen LogP contribution is -2.09. The molecule has 4 rings (SSSR count). The van der Waals surface area contributed by atoms with E-state index in [0.29, 0.717) is 32.0 Å². The van der Waals surface area contributed by atoms with Crippen LogP contribution < -0.4 is 5.56 Å². The van der Waals surface area contributed by atoms with Crippen LogP contribution in [0, 0.1) is 0 Å². The predicted octanol–water partition coefficient (Wildman–Crippen LogP) is 2.91. The van der Waals surface area contributed by atoms with Crippen molar-refractivity contribution in [1.82, 2.24) is 29.3 Å². The highest BCUT2D eigenvalue weighted by Gasteiger charge is 2.13. The lowest BCUT2D eigenvalue weighted by molar-refractivity contribution is 0.872. The Balaban J connectivity index is 1.73. The van der Waals surface area contributed by atoms with Gasteiger partial charge >= 0.3 is 0 Å². The fraction of sp³-hybridized carbons (Fsp3) is 0.0714. The van der Waals surface area contributed by atoms with Gasteiger partial charge in [-0.25, -0.2) is 9.67 Å². The maximum atomic E-state index is 12.3. The maximum Gasteiger partial charge on any atom is 0.262 e. The van der Waals surface area contributed by atoms with Gasteiger partial charge in [0.2, 0.25) is 0 Å². The van der Waals surface area contributed by atoms with Crippen LogP contribution in [-0.2, 0) is 5.75 Å². The summed E-state index contributed by atoms with van der Waals surface area (Å²) in [6.45, 7) is 0. The second-order valence-corrected chi connectivity index (χ2v) is 7.10. The average Bonchev–Trinajstić information content (AvgIpc) is 3.20. The van der Waals surface area contributed by atoms with Crippen LogP contribution in [0.4, 0.5) is 0 Å². The number of benzene rings is 1. The summed E-state index contributed by atoms with van der Waals surface area (Å²) in [5.74, 6) is 0.475. The molecule has 1 N–H and O–H groups in total. The lowest BCUT2D eigenvalue weighted by atomic mass is 10.3. The van der Waals surface area contributed by atoms with E-state index in [-0.39, 0.29) is 5.56 Å². The predicted molar refractivity (Wildman–Crippen MR) is 94.0 cm³/mol. The SMILES string of the molecule is O=c1[nH]c(SCc2nnsc2Cl)nc2c1cnn2-c1ccccc1. The van der Waals surface area contributed by atoms with E-state index in [9.17, 15) is 4.79 Å².